The van der Waals surface area contributed by atoms with Gasteiger partial charge in [0.1, 0.15) is 17.6 Å². The Labute approximate surface area is 150 Å². The number of aromatic nitrogens is 2. The van der Waals surface area contributed by atoms with Crippen LogP contribution in [0.25, 0.3) is 11.3 Å². The first-order chi connectivity index (χ1) is 12.7. The van der Waals surface area contributed by atoms with E-state index in [0.29, 0.717) is 29.5 Å². The molecule has 7 nitrogen and oxygen atoms in total. The van der Waals surface area contributed by atoms with Crippen LogP contribution in [0.1, 0.15) is 17.4 Å². The molecule has 0 spiro atoms. The summed E-state index contributed by atoms with van der Waals surface area (Å²) < 4.78 is 16.4. The summed E-state index contributed by atoms with van der Waals surface area (Å²) in [6, 6.07) is 10.6. The van der Waals surface area contributed by atoms with Gasteiger partial charge in [0.25, 0.3) is 5.91 Å². The van der Waals surface area contributed by atoms with Crippen molar-refractivity contribution in [2.45, 2.75) is 13.0 Å². The Balaban J connectivity index is 1.68. The standard InChI is InChI=1S/C19H17N3O4/c1-12-11-22(16-8-14(24-2)5-6-17(16)25-12)19(23)15-9-18(26-21-15)13-4-3-7-20-10-13/h3-10,12H,11H2,1-2H3/t12-/m0/s1. The van der Waals surface area contributed by atoms with Gasteiger partial charge in [0.15, 0.2) is 11.5 Å². The molecule has 0 saturated carbocycles. The van der Waals surface area contributed by atoms with Gasteiger partial charge in [0, 0.05) is 30.1 Å². The van der Waals surface area contributed by atoms with Crippen molar-refractivity contribution in [2.75, 3.05) is 18.6 Å². The predicted molar refractivity (Wildman–Crippen MR) is 94.5 cm³/mol. The average Bonchev–Trinajstić information content (AvgIpc) is 3.17. The molecule has 7 heteroatoms. The van der Waals surface area contributed by atoms with Crippen LogP contribution >= 0.6 is 0 Å². The van der Waals surface area contributed by atoms with E-state index in [0.717, 1.165) is 5.56 Å². The molecule has 2 aromatic heterocycles. The van der Waals surface area contributed by atoms with Crippen LogP contribution in [-0.2, 0) is 0 Å². The van der Waals surface area contributed by atoms with E-state index in [-0.39, 0.29) is 17.7 Å². The number of carbonyl (C=O) groups is 1. The Bertz CT molecular complexity index is 939. The second-order valence-electron chi connectivity index (χ2n) is 6.00. The zero-order chi connectivity index (χ0) is 18.1. The lowest BCUT2D eigenvalue weighted by Crippen LogP contribution is -2.42. The van der Waals surface area contributed by atoms with Crippen LogP contribution in [0.15, 0.2) is 53.3 Å². The van der Waals surface area contributed by atoms with Gasteiger partial charge in [0.2, 0.25) is 0 Å². The fourth-order valence-corrected chi connectivity index (χ4v) is 2.90. The summed E-state index contributed by atoms with van der Waals surface area (Å²) in [5.41, 5.74) is 1.64. The minimum absolute atomic E-state index is 0.135. The smallest absolute Gasteiger partial charge is 0.280 e. The first-order valence-corrected chi connectivity index (χ1v) is 8.19. The lowest BCUT2D eigenvalue weighted by molar-refractivity contribution is 0.0952. The van der Waals surface area contributed by atoms with E-state index in [1.807, 2.05) is 13.0 Å². The van der Waals surface area contributed by atoms with Crippen molar-refractivity contribution in [1.82, 2.24) is 10.1 Å². The molecular formula is C19H17N3O4. The summed E-state index contributed by atoms with van der Waals surface area (Å²) in [4.78, 5) is 18.7. The van der Waals surface area contributed by atoms with E-state index < -0.39 is 0 Å². The van der Waals surface area contributed by atoms with Crippen LogP contribution in [-0.4, -0.2) is 35.8 Å². The second kappa shape index (κ2) is 6.51. The maximum absolute atomic E-state index is 13.0. The second-order valence-corrected chi connectivity index (χ2v) is 6.00. The summed E-state index contributed by atoms with van der Waals surface area (Å²) in [7, 11) is 1.58. The van der Waals surface area contributed by atoms with Gasteiger partial charge >= 0.3 is 0 Å². The highest BCUT2D eigenvalue weighted by atomic mass is 16.5. The molecule has 4 rings (SSSR count). The number of carbonyl (C=O) groups excluding carboxylic acids is 1. The minimum atomic E-state index is -0.256. The van der Waals surface area contributed by atoms with Crippen molar-refractivity contribution in [1.29, 1.82) is 0 Å². The molecule has 26 heavy (non-hydrogen) atoms. The molecular weight excluding hydrogens is 334 g/mol. The van der Waals surface area contributed by atoms with Gasteiger partial charge in [-0.1, -0.05) is 5.16 Å². The SMILES string of the molecule is COc1ccc2c(c1)N(C(=O)c1cc(-c3cccnc3)on1)C[C@H](C)O2. The summed E-state index contributed by atoms with van der Waals surface area (Å²) >= 11 is 0. The average molecular weight is 351 g/mol. The number of amides is 1. The maximum atomic E-state index is 13.0. The highest BCUT2D eigenvalue weighted by molar-refractivity contribution is 6.06. The van der Waals surface area contributed by atoms with Crippen molar-refractivity contribution in [2.24, 2.45) is 0 Å². The third-order valence-electron chi connectivity index (χ3n) is 4.15. The molecule has 1 atom stereocenters. The lowest BCUT2D eigenvalue weighted by atomic mass is 10.1. The highest BCUT2D eigenvalue weighted by Crippen LogP contribution is 2.37. The molecule has 0 N–H and O–H groups in total. The normalized spacial score (nSPS) is 15.9. The zero-order valence-electron chi connectivity index (χ0n) is 14.4. The van der Waals surface area contributed by atoms with Gasteiger partial charge in [-0.15, -0.1) is 0 Å². The van der Waals surface area contributed by atoms with Gasteiger partial charge in [-0.3, -0.25) is 14.7 Å². The van der Waals surface area contributed by atoms with E-state index in [1.54, 1.807) is 54.7 Å². The summed E-state index contributed by atoms with van der Waals surface area (Å²) in [5.74, 6) is 1.52. The van der Waals surface area contributed by atoms with Gasteiger partial charge in [-0.05, 0) is 31.2 Å². The first kappa shape index (κ1) is 16.1. The Kier molecular flexibility index (Phi) is 4.04. The number of rotatable bonds is 3. The zero-order valence-corrected chi connectivity index (χ0v) is 14.4. The molecule has 0 saturated heterocycles. The topological polar surface area (TPSA) is 77.7 Å². The van der Waals surface area contributed by atoms with E-state index in [9.17, 15) is 4.79 Å². The Hall–Kier alpha value is -3.35. The third-order valence-corrected chi connectivity index (χ3v) is 4.15. The first-order valence-electron chi connectivity index (χ1n) is 8.19. The number of ether oxygens (including phenoxy) is 2. The lowest BCUT2D eigenvalue weighted by Gasteiger charge is -2.33. The number of nitrogens with zero attached hydrogens (tertiary/aromatic N) is 3. The fraction of sp³-hybridized carbons (Fsp3) is 0.211. The monoisotopic (exact) mass is 351 g/mol. The molecule has 0 fully saturated rings. The van der Waals surface area contributed by atoms with Crippen LogP contribution < -0.4 is 14.4 Å². The Morgan fingerprint density at radius 3 is 2.96 bits per heavy atom. The molecule has 0 radical (unpaired) electrons. The third kappa shape index (κ3) is 2.88. The number of benzene rings is 1. The van der Waals surface area contributed by atoms with Crippen LogP contribution in [0.2, 0.25) is 0 Å². The highest BCUT2D eigenvalue weighted by Gasteiger charge is 2.30. The molecule has 1 aliphatic rings. The van der Waals surface area contributed by atoms with Crippen LogP contribution in [0.5, 0.6) is 11.5 Å². The van der Waals surface area contributed by atoms with E-state index in [4.69, 9.17) is 14.0 Å². The fourth-order valence-electron chi connectivity index (χ4n) is 2.90. The van der Waals surface area contributed by atoms with Crippen molar-refractivity contribution in [3.05, 3.63) is 54.5 Å². The van der Waals surface area contributed by atoms with Crippen molar-refractivity contribution in [3.63, 3.8) is 0 Å². The predicted octanol–water partition coefficient (Wildman–Crippen LogP) is 3.17. The van der Waals surface area contributed by atoms with Crippen LogP contribution in [0, 0.1) is 0 Å². The maximum Gasteiger partial charge on any atom is 0.280 e. The van der Waals surface area contributed by atoms with Crippen LogP contribution in [0.3, 0.4) is 0 Å². The van der Waals surface area contributed by atoms with Crippen molar-refractivity contribution in [3.8, 4) is 22.8 Å². The number of pyridine rings is 1. The number of fused-ring (bicyclic) bond motifs is 1. The number of hydrogen-bond donors (Lipinski definition) is 0. The molecule has 1 amide bonds. The van der Waals surface area contributed by atoms with Crippen molar-refractivity contribution < 1.29 is 18.8 Å². The Morgan fingerprint density at radius 2 is 2.19 bits per heavy atom. The molecule has 1 aromatic carbocycles. The van der Waals surface area contributed by atoms with Gasteiger partial charge < -0.3 is 14.0 Å². The number of anilines is 1. The molecule has 0 unspecified atom stereocenters. The molecule has 3 heterocycles. The molecule has 132 valence electrons. The summed E-state index contributed by atoms with van der Waals surface area (Å²) in [5, 5.41) is 3.94. The molecule has 3 aromatic rings. The molecule has 1 aliphatic heterocycles. The van der Waals surface area contributed by atoms with Gasteiger partial charge in [0.05, 0.1) is 19.3 Å². The van der Waals surface area contributed by atoms with Gasteiger partial charge in [-0.25, -0.2) is 0 Å². The Morgan fingerprint density at radius 1 is 1.31 bits per heavy atom. The van der Waals surface area contributed by atoms with Crippen molar-refractivity contribution >= 4 is 11.6 Å². The molecule has 0 aliphatic carbocycles. The van der Waals surface area contributed by atoms with E-state index in [2.05, 4.69) is 10.1 Å². The van der Waals surface area contributed by atoms with Gasteiger partial charge in [-0.2, -0.15) is 0 Å². The summed E-state index contributed by atoms with van der Waals surface area (Å²) in [6.45, 7) is 2.32. The summed E-state index contributed by atoms with van der Waals surface area (Å²) in [6.07, 6.45) is 3.20. The number of methoxy groups -OCH3 is 1. The minimum Gasteiger partial charge on any atom is -0.497 e. The van der Waals surface area contributed by atoms with E-state index >= 15 is 0 Å². The largest absolute Gasteiger partial charge is 0.497 e. The quantitative estimate of drug-likeness (QED) is 0.721. The van der Waals surface area contributed by atoms with Crippen LogP contribution in [0.4, 0.5) is 5.69 Å². The van der Waals surface area contributed by atoms with E-state index in [1.165, 1.54) is 0 Å². The number of hydrogen-bond acceptors (Lipinski definition) is 6. The molecule has 0 bridgehead atoms.